The molecule has 10 heteroatoms. The third-order valence-electron chi connectivity index (χ3n) is 4.28. The number of rotatable bonds is 7. The van der Waals surface area contributed by atoms with Crippen LogP contribution in [0.3, 0.4) is 0 Å². The van der Waals surface area contributed by atoms with E-state index in [1.807, 2.05) is 0 Å². The van der Waals surface area contributed by atoms with E-state index in [-0.39, 0.29) is 35.0 Å². The largest absolute Gasteiger partial charge is 0.502 e. The van der Waals surface area contributed by atoms with Gasteiger partial charge in [0, 0.05) is 19.2 Å². The quantitative estimate of drug-likeness (QED) is 0.418. The first-order chi connectivity index (χ1) is 12.5. The van der Waals surface area contributed by atoms with Gasteiger partial charge in [-0.2, -0.15) is 0 Å². The third kappa shape index (κ3) is 2.68. The SMILES string of the molecule is COc1cc(Nc2c(N)n3n(c2=O)CCC3)c(NCC=O)c(OC)c1O. The van der Waals surface area contributed by atoms with E-state index in [9.17, 15) is 14.7 Å². The minimum Gasteiger partial charge on any atom is -0.502 e. The maximum absolute atomic E-state index is 12.6. The number of nitrogen functional groups attached to an aromatic ring is 1. The van der Waals surface area contributed by atoms with E-state index in [2.05, 4.69) is 10.6 Å². The lowest BCUT2D eigenvalue weighted by Crippen LogP contribution is -2.18. The van der Waals surface area contributed by atoms with Gasteiger partial charge in [0.1, 0.15) is 23.5 Å². The van der Waals surface area contributed by atoms with Gasteiger partial charge in [0.25, 0.3) is 5.56 Å². The molecule has 0 fully saturated rings. The molecular formula is C16H21N5O5. The van der Waals surface area contributed by atoms with E-state index >= 15 is 0 Å². The fourth-order valence-corrected chi connectivity index (χ4v) is 3.09. The van der Waals surface area contributed by atoms with Crippen LogP contribution in [-0.4, -0.2) is 41.5 Å². The number of hydrogen-bond acceptors (Lipinski definition) is 8. The second-order valence-corrected chi connectivity index (χ2v) is 5.72. The van der Waals surface area contributed by atoms with Crippen LogP contribution in [0.2, 0.25) is 0 Å². The predicted molar refractivity (Wildman–Crippen MR) is 96.8 cm³/mol. The number of carbonyl (C=O) groups excluding carboxylic acids is 1. The number of carbonyl (C=O) groups is 1. The second kappa shape index (κ2) is 6.90. The van der Waals surface area contributed by atoms with Gasteiger partial charge in [-0.25, -0.2) is 4.68 Å². The molecule has 1 aliphatic heterocycles. The minimum atomic E-state index is -0.243. The number of ether oxygens (including phenoxy) is 2. The van der Waals surface area contributed by atoms with Crippen LogP contribution in [0.4, 0.5) is 22.9 Å². The van der Waals surface area contributed by atoms with Crippen molar-refractivity contribution in [1.82, 2.24) is 9.36 Å². The summed E-state index contributed by atoms with van der Waals surface area (Å²) in [5.74, 6) is 0.323. The number of hydrogen-bond donors (Lipinski definition) is 4. The normalized spacial score (nSPS) is 12.5. The summed E-state index contributed by atoms with van der Waals surface area (Å²) < 4.78 is 13.7. The number of nitrogens with one attached hydrogen (secondary N) is 2. The molecule has 0 bridgehead atoms. The Morgan fingerprint density at radius 3 is 2.62 bits per heavy atom. The highest BCUT2D eigenvalue weighted by atomic mass is 16.5. The Labute approximate surface area is 149 Å². The lowest BCUT2D eigenvalue weighted by molar-refractivity contribution is -0.106. The smallest absolute Gasteiger partial charge is 0.292 e. The summed E-state index contributed by atoms with van der Waals surface area (Å²) in [5.41, 5.74) is 6.78. The molecular weight excluding hydrogens is 342 g/mol. The fourth-order valence-electron chi connectivity index (χ4n) is 3.09. The summed E-state index contributed by atoms with van der Waals surface area (Å²) in [5, 5.41) is 16.1. The van der Waals surface area contributed by atoms with Crippen LogP contribution in [0.1, 0.15) is 6.42 Å². The van der Waals surface area contributed by atoms with Gasteiger partial charge in [-0.15, -0.1) is 0 Å². The molecule has 0 saturated heterocycles. The number of aromatic nitrogens is 2. The standard InChI is InChI=1S/C16H21N5O5/c1-25-10-8-9(11(18-4-7-22)14(26-2)13(10)23)19-12-15(17)20-5-3-6-21(20)16(12)24/h7-8,18-19,23H,3-6,17H2,1-2H3. The zero-order valence-electron chi connectivity index (χ0n) is 14.5. The average molecular weight is 363 g/mol. The van der Waals surface area contributed by atoms with Crippen molar-refractivity contribution in [3.63, 3.8) is 0 Å². The van der Waals surface area contributed by atoms with Crippen molar-refractivity contribution in [1.29, 1.82) is 0 Å². The van der Waals surface area contributed by atoms with Crippen LogP contribution in [0.15, 0.2) is 10.9 Å². The van der Waals surface area contributed by atoms with E-state index in [4.69, 9.17) is 15.2 Å². The summed E-state index contributed by atoms with van der Waals surface area (Å²) in [6.45, 7) is 1.25. The highest BCUT2D eigenvalue weighted by Crippen LogP contribution is 2.47. The number of phenolic OH excluding ortho intramolecular Hbond substituents is 1. The van der Waals surface area contributed by atoms with Crippen molar-refractivity contribution >= 4 is 29.2 Å². The number of methoxy groups -OCH3 is 2. The van der Waals surface area contributed by atoms with Gasteiger partial charge in [-0.05, 0) is 6.42 Å². The van der Waals surface area contributed by atoms with Crippen LogP contribution in [0.25, 0.3) is 0 Å². The first kappa shape index (κ1) is 17.5. The number of aldehydes is 1. The van der Waals surface area contributed by atoms with Gasteiger partial charge in [-0.3, -0.25) is 9.48 Å². The lowest BCUT2D eigenvalue weighted by Gasteiger charge is -2.18. The number of aromatic hydroxyl groups is 1. The number of anilines is 4. The molecule has 26 heavy (non-hydrogen) atoms. The van der Waals surface area contributed by atoms with Crippen LogP contribution >= 0.6 is 0 Å². The molecule has 0 spiro atoms. The first-order valence-corrected chi connectivity index (χ1v) is 8.05. The number of fused-ring (bicyclic) bond motifs is 1. The number of phenols is 1. The molecule has 140 valence electrons. The van der Waals surface area contributed by atoms with Gasteiger partial charge < -0.3 is 35.7 Å². The van der Waals surface area contributed by atoms with Crippen molar-refractivity contribution in [3.05, 3.63) is 16.4 Å². The van der Waals surface area contributed by atoms with E-state index < -0.39 is 0 Å². The zero-order valence-corrected chi connectivity index (χ0v) is 14.5. The Hall–Kier alpha value is -3.30. The topological polar surface area (TPSA) is 133 Å². The fraction of sp³-hybridized carbons (Fsp3) is 0.375. The van der Waals surface area contributed by atoms with Crippen LogP contribution < -0.4 is 31.4 Å². The highest BCUT2D eigenvalue weighted by Gasteiger charge is 2.25. The van der Waals surface area contributed by atoms with Crippen LogP contribution in [0.5, 0.6) is 17.2 Å². The van der Waals surface area contributed by atoms with Crippen molar-refractivity contribution in [2.45, 2.75) is 19.5 Å². The molecule has 0 aliphatic carbocycles. The molecule has 0 amide bonds. The molecule has 10 nitrogen and oxygen atoms in total. The maximum Gasteiger partial charge on any atom is 0.292 e. The average Bonchev–Trinajstić information content (AvgIpc) is 3.20. The molecule has 0 unspecified atom stereocenters. The Balaban J connectivity index is 2.12. The van der Waals surface area contributed by atoms with Crippen molar-refractivity contribution < 1.29 is 19.4 Å². The second-order valence-electron chi connectivity index (χ2n) is 5.72. The zero-order chi connectivity index (χ0) is 18.8. The number of nitrogens with zero attached hydrogens (tertiary/aromatic N) is 2. The molecule has 0 atom stereocenters. The van der Waals surface area contributed by atoms with Gasteiger partial charge in [0.15, 0.2) is 11.5 Å². The summed E-state index contributed by atoms with van der Waals surface area (Å²) in [7, 11) is 2.77. The predicted octanol–water partition coefficient (Wildman–Crippen LogP) is 0.713. The van der Waals surface area contributed by atoms with E-state index in [1.54, 1.807) is 9.36 Å². The van der Waals surface area contributed by atoms with E-state index in [0.717, 1.165) is 6.42 Å². The lowest BCUT2D eigenvalue weighted by atomic mass is 10.2. The molecule has 1 aromatic carbocycles. The Morgan fingerprint density at radius 1 is 1.27 bits per heavy atom. The molecule has 5 N–H and O–H groups in total. The number of nitrogens with two attached hydrogens (primary N) is 1. The van der Waals surface area contributed by atoms with Gasteiger partial charge >= 0.3 is 0 Å². The van der Waals surface area contributed by atoms with Crippen molar-refractivity contribution in [2.75, 3.05) is 37.1 Å². The molecule has 0 saturated carbocycles. The molecule has 3 rings (SSSR count). The number of benzene rings is 1. The third-order valence-corrected chi connectivity index (χ3v) is 4.28. The molecule has 0 radical (unpaired) electrons. The van der Waals surface area contributed by atoms with Crippen molar-refractivity contribution in [2.24, 2.45) is 0 Å². The molecule has 1 aromatic heterocycles. The summed E-state index contributed by atoms with van der Waals surface area (Å²) in [4.78, 5) is 23.4. The Bertz CT molecular complexity index is 902. The summed E-state index contributed by atoms with van der Waals surface area (Å²) in [6.07, 6.45) is 1.52. The maximum atomic E-state index is 12.6. The Morgan fingerprint density at radius 2 is 2.00 bits per heavy atom. The molecule has 2 heterocycles. The van der Waals surface area contributed by atoms with Gasteiger partial charge in [0.05, 0.1) is 26.5 Å². The van der Waals surface area contributed by atoms with Crippen LogP contribution in [-0.2, 0) is 17.9 Å². The first-order valence-electron chi connectivity index (χ1n) is 8.05. The summed E-state index contributed by atoms with van der Waals surface area (Å²) in [6, 6.07) is 1.50. The minimum absolute atomic E-state index is 0.0163. The monoisotopic (exact) mass is 363 g/mol. The van der Waals surface area contributed by atoms with E-state index in [0.29, 0.717) is 36.6 Å². The van der Waals surface area contributed by atoms with Gasteiger partial charge in [-0.1, -0.05) is 0 Å². The van der Waals surface area contributed by atoms with E-state index in [1.165, 1.54) is 20.3 Å². The summed E-state index contributed by atoms with van der Waals surface area (Å²) >= 11 is 0. The molecule has 2 aromatic rings. The molecule has 1 aliphatic rings. The highest BCUT2D eigenvalue weighted by molar-refractivity contribution is 5.87. The van der Waals surface area contributed by atoms with Crippen LogP contribution in [0, 0.1) is 0 Å². The van der Waals surface area contributed by atoms with Gasteiger partial charge in [0.2, 0.25) is 5.75 Å². The van der Waals surface area contributed by atoms with Crippen molar-refractivity contribution in [3.8, 4) is 17.2 Å². The Kier molecular flexibility index (Phi) is 4.65.